The molecule has 3 aromatic rings. The minimum absolute atomic E-state index is 0.0978. The third kappa shape index (κ3) is 6.48. The number of hydrogen-bond donors (Lipinski definition) is 1. The predicted molar refractivity (Wildman–Crippen MR) is 129 cm³/mol. The van der Waals surface area contributed by atoms with Crippen molar-refractivity contribution in [3.63, 3.8) is 0 Å². The maximum atomic E-state index is 11.8. The average Bonchev–Trinajstić information content (AvgIpc) is 3.13. The summed E-state index contributed by atoms with van der Waals surface area (Å²) in [5.41, 5.74) is 3.01. The Hall–Kier alpha value is -2.02. The van der Waals surface area contributed by atoms with Crippen LogP contribution in [0.1, 0.15) is 38.7 Å². The Bertz CT molecular complexity index is 1030. The number of nitrogens with one attached hydrogen (secondary N) is 1. The van der Waals surface area contributed by atoms with E-state index in [9.17, 15) is 4.79 Å². The first-order valence-electron chi connectivity index (χ1n) is 10.2. The first kappa shape index (κ1) is 23.6. The molecule has 1 heterocycles. The van der Waals surface area contributed by atoms with Crippen LogP contribution >= 0.6 is 35.0 Å². The zero-order valence-electron chi connectivity index (χ0n) is 17.9. The van der Waals surface area contributed by atoms with E-state index in [-0.39, 0.29) is 11.9 Å². The van der Waals surface area contributed by atoms with Gasteiger partial charge < -0.3 is 5.32 Å². The molecule has 1 amide bonds. The van der Waals surface area contributed by atoms with E-state index in [4.69, 9.17) is 23.2 Å². The van der Waals surface area contributed by atoms with Crippen LogP contribution in [0.5, 0.6) is 0 Å². The van der Waals surface area contributed by atoms with Crippen molar-refractivity contribution in [2.24, 2.45) is 0 Å². The number of nitrogens with zero attached hydrogens (tertiary/aromatic N) is 3. The molecule has 1 N–H and O–H groups in total. The number of carbonyl (C=O) groups excluding carboxylic acids is 1. The Labute approximate surface area is 197 Å². The molecule has 0 atom stereocenters. The van der Waals surface area contributed by atoms with Gasteiger partial charge in [0.15, 0.2) is 11.0 Å². The van der Waals surface area contributed by atoms with E-state index in [0.717, 1.165) is 40.8 Å². The van der Waals surface area contributed by atoms with Gasteiger partial charge in [-0.1, -0.05) is 64.8 Å². The summed E-state index contributed by atoms with van der Waals surface area (Å²) in [4.78, 5) is 11.8. The highest BCUT2D eigenvalue weighted by molar-refractivity contribution is 7.99. The van der Waals surface area contributed by atoms with Crippen LogP contribution in [0, 0.1) is 6.92 Å². The van der Waals surface area contributed by atoms with E-state index in [2.05, 4.69) is 34.6 Å². The van der Waals surface area contributed by atoms with E-state index in [1.807, 2.05) is 42.7 Å². The Morgan fingerprint density at radius 3 is 2.48 bits per heavy atom. The topological polar surface area (TPSA) is 59.8 Å². The highest BCUT2D eigenvalue weighted by Gasteiger charge is 2.17. The number of thioether (sulfide) groups is 1. The zero-order valence-corrected chi connectivity index (χ0v) is 20.2. The number of benzene rings is 2. The minimum Gasteiger partial charge on any atom is -0.354 e. The number of rotatable bonds is 9. The second-order valence-electron chi connectivity index (χ2n) is 7.63. The standard InChI is InChI=1S/C23H26Cl2N4OS/c1-15(2)26-21(30)6-4-5-13-31-23-28-27-22(17-9-7-16(3)8-10-17)29(23)18-11-12-19(24)20(25)14-18/h7-12,14-15H,4-6,13H2,1-3H3,(H,26,30). The number of halogens is 2. The van der Waals surface area contributed by atoms with Crippen LogP contribution in [0.3, 0.4) is 0 Å². The highest BCUT2D eigenvalue weighted by Crippen LogP contribution is 2.31. The molecule has 0 aliphatic rings. The molecule has 31 heavy (non-hydrogen) atoms. The first-order chi connectivity index (χ1) is 14.8. The zero-order chi connectivity index (χ0) is 22.4. The van der Waals surface area contributed by atoms with Gasteiger partial charge in [-0.05, 0) is 51.8 Å². The average molecular weight is 477 g/mol. The minimum atomic E-state index is 0.0978. The summed E-state index contributed by atoms with van der Waals surface area (Å²) in [6.07, 6.45) is 2.27. The Balaban J connectivity index is 1.78. The third-order valence-electron chi connectivity index (χ3n) is 4.58. The molecular formula is C23H26Cl2N4OS. The summed E-state index contributed by atoms with van der Waals surface area (Å²) in [7, 11) is 0. The molecule has 8 heteroatoms. The Kier molecular flexibility index (Phi) is 8.41. The molecule has 0 aliphatic carbocycles. The fraction of sp³-hybridized carbons (Fsp3) is 0.348. The molecule has 0 bridgehead atoms. The predicted octanol–water partition coefficient (Wildman–Crippen LogP) is 6.34. The molecule has 0 aliphatic heterocycles. The fourth-order valence-corrected chi connectivity index (χ4v) is 4.30. The van der Waals surface area contributed by atoms with Gasteiger partial charge in [-0.3, -0.25) is 9.36 Å². The van der Waals surface area contributed by atoms with Crippen molar-refractivity contribution in [1.29, 1.82) is 0 Å². The van der Waals surface area contributed by atoms with Crippen molar-refractivity contribution >= 4 is 40.9 Å². The van der Waals surface area contributed by atoms with E-state index < -0.39 is 0 Å². The normalized spacial score (nSPS) is 11.2. The van der Waals surface area contributed by atoms with E-state index in [1.165, 1.54) is 5.56 Å². The number of amides is 1. The monoisotopic (exact) mass is 476 g/mol. The summed E-state index contributed by atoms with van der Waals surface area (Å²) < 4.78 is 2.00. The van der Waals surface area contributed by atoms with Gasteiger partial charge in [0.1, 0.15) is 0 Å². The van der Waals surface area contributed by atoms with Gasteiger partial charge in [0.25, 0.3) is 0 Å². The van der Waals surface area contributed by atoms with Crippen LogP contribution in [0.2, 0.25) is 10.0 Å². The SMILES string of the molecule is Cc1ccc(-c2nnc(SCCCCC(=O)NC(C)C)n2-c2ccc(Cl)c(Cl)c2)cc1. The van der Waals surface area contributed by atoms with E-state index in [0.29, 0.717) is 16.5 Å². The van der Waals surface area contributed by atoms with Gasteiger partial charge in [-0.15, -0.1) is 10.2 Å². The lowest BCUT2D eigenvalue weighted by Gasteiger charge is -2.12. The highest BCUT2D eigenvalue weighted by atomic mass is 35.5. The molecule has 0 saturated heterocycles. The van der Waals surface area contributed by atoms with Crippen molar-refractivity contribution in [2.45, 2.75) is 51.2 Å². The second kappa shape index (κ2) is 11.0. The largest absolute Gasteiger partial charge is 0.354 e. The Morgan fingerprint density at radius 1 is 1.06 bits per heavy atom. The third-order valence-corrected chi connectivity index (χ3v) is 6.34. The van der Waals surface area contributed by atoms with Crippen molar-refractivity contribution < 1.29 is 4.79 Å². The number of unbranched alkanes of at least 4 members (excludes halogenated alkanes) is 1. The molecule has 0 spiro atoms. The van der Waals surface area contributed by atoms with Gasteiger partial charge in [-0.25, -0.2) is 0 Å². The van der Waals surface area contributed by atoms with Crippen molar-refractivity contribution in [3.8, 4) is 17.1 Å². The molecule has 0 unspecified atom stereocenters. The lowest BCUT2D eigenvalue weighted by molar-refractivity contribution is -0.121. The van der Waals surface area contributed by atoms with Gasteiger partial charge in [0, 0.05) is 23.8 Å². The number of carbonyl (C=O) groups is 1. The summed E-state index contributed by atoms with van der Waals surface area (Å²) >= 11 is 14.0. The van der Waals surface area contributed by atoms with Gasteiger partial charge in [-0.2, -0.15) is 0 Å². The molecule has 0 radical (unpaired) electrons. The molecule has 2 aromatic carbocycles. The quantitative estimate of drug-likeness (QED) is 0.289. The number of aryl methyl sites for hydroxylation is 1. The van der Waals surface area contributed by atoms with Crippen LogP contribution in [-0.4, -0.2) is 32.5 Å². The molecular weight excluding hydrogens is 451 g/mol. The van der Waals surface area contributed by atoms with E-state index in [1.54, 1.807) is 17.8 Å². The lowest BCUT2D eigenvalue weighted by Crippen LogP contribution is -2.29. The lowest BCUT2D eigenvalue weighted by atomic mass is 10.1. The van der Waals surface area contributed by atoms with Crippen LogP contribution < -0.4 is 5.32 Å². The molecule has 5 nitrogen and oxygen atoms in total. The summed E-state index contributed by atoms with van der Waals surface area (Å²) in [5, 5.41) is 13.6. The number of aromatic nitrogens is 3. The van der Waals surface area contributed by atoms with Gasteiger partial charge >= 0.3 is 0 Å². The van der Waals surface area contributed by atoms with E-state index >= 15 is 0 Å². The van der Waals surface area contributed by atoms with Crippen LogP contribution in [0.25, 0.3) is 17.1 Å². The summed E-state index contributed by atoms with van der Waals surface area (Å²) in [5.74, 6) is 1.68. The fourth-order valence-electron chi connectivity index (χ4n) is 3.06. The maximum absolute atomic E-state index is 11.8. The van der Waals surface area contributed by atoms with Gasteiger partial charge in [0.05, 0.1) is 15.7 Å². The smallest absolute Gasteiger partial charge is 0.220 e. The molecule has 0 saturated carbocycles. The van der Waals surface area contributed by atoms with Crippen molar-refractivity contribution in [1.82, 2.24) is 20.1 Å². The molecule has 164 valence electrons. The molecule has 3 rings (SSSR count). The summed E-state index contributed by atoms with van der Waals surface area (Å²) in [6.45, 7) is 5.99. The Morgan fingerprint density at radius 2 is 1.81 bits per heavy atom. The van der Waals surface area contributed by atoms with Crippen LogP contribution in [-0.2, 0) is 4.79 Å². The maximum Gasteiger partial charge on any atom is 0.220 e. The molecule has 0 fully saturated rings. The van der Waals surface area contributed by atoms with Crippen molar-refractivity contribution in [3.05, 3.63) is 58.1 Å². The van der Waals surface area contributed by atoms with Crippen molar-refractivity contribution in [2.75, 3.05) is 5.75 Å². The first-order valence-corrected chi connectivity index (χ1v) is 12.0. The molecule has 1 aromatic heterocycles. The van der Waals surface area contributed by atoms with Crippen LogP contribution in [0.4, 0.5) is 0 Å². The van der Waals surface area contributed by atoms with Gasteiger partial charge in [0.2, 0.25) is 5.91 Å². The second-order valence-corrected chi connectivity index (χ2v) is 9.51. The van der Waals surface area contributed by atoms with Crippen LogP contribution in [0.15, 0.2) is 47.6 Å². The summed E-state index contributed by atoms with van der Waals surface area (Å²) in [6, 6.07) is 13.9. The number of hydrogen-bond acceptors (Lipinski definition) is 4.